The van der Waals surface area contributed by atoms with E-state index in [0.29, 0.717) is 6.42 Å². The van der Waals surface area contributed by atoms with Gasteiger partial charge in [0, 0.05) is 5.56 Å². The average Bonchev–Trinajstić information content (AvgIpc) is 2.80. The van der Waals surface area contributed by atoms with Crippen LogP contribution in [-0.2, 0) is 11.2 Å². The lowest BCUT2D eigenvalue weighted by molar-refractivity contribution is -0.138. The van der Waals surface area contributed by atoms with Crippen molar-refractivity contribution in [3.05, 3.63) is 53.4 Å². The molecular weight excluding hydrogens is 218 g/mol. The number of carboxylic acids is 1. The van der Waals surface area contributed by atoms with E-state index < -0.39 is 11.9 Å². The van der Waals surface area contributed by atoms with Crippen LogP contribution in [0, 0.1) is 6.92 Å². The van der Waals surface area contributed by atoms with E-state index in [4.69, 9.17) is 4.52 Å². The van der Waals surface area contributed by atoms with Gasteiger partial charge in [-0.15, -0.1) is 0 Å². The van der Waals surface area contributed by atoms with E-state index >= 15 is 0 Å². The molecule has 4 nitrogen and oxygen atoms in total. The lowest BCUT2D eigenvalue weighted by Gasteiger charge is -2.11. The molecule has 0 radical (unpaired) electrons. The molecule has 0 aliphatic rings. The zero-order valence-electron chi connectivity index (χ0n) is 9.46. The largest absolute Gasteiger partial charge is 0.481 e. The van der Waals surface area contributed by atoms with Crippen LogP contribution in [0.2, 0.25) is 0 Å². The fourth-order valence-electron chi connectivity index (χ4n) is 1.71. The van der Waals surface area contributed by atoms with Gasteiger partial charge in [0.1, 0.15) is 6.26 Å². The average molecular weight is 231 g/mol. The molecule has 0 aliphatic carbocycles. The molecule has 0 amide bonds. The van der Waals surface area contributed by atoms with Crippen molar-refractivity contribution in [1.29, 1.82) is 0 Å². The van der Waals surface area contributed by atoms with Crippen LogP contribution >= 0.6 is 0 Å². The molecule has 0 saturated carbocycles. The summed E-state index contributed by atoms with van der Waals surface area (Å²) < 4.78 is 4.71. The highest BCUT2D eigenvalue weighted by Gasteiger charge is 2.20. The highest BCUT2D eigenvalue weighted by molar-refractivity contribution is 5.76. The lowest BCUT2D eigenvalue weighted by atomic mass is 9.93. The summed E-state index contributed by atoms with van der Waals surface area (Å²) in [6.07, 6.45) is 3.41. The summed E-state index contributed by atoms with van der Waals surface area (Å²) in [5, 5.41) is 12.8. The van der Waals surface area contributed by atoms with Crippen molar-refractivity contribution in [2.24, 2.45) is 0 Å². The molecule has 1 atom stereocenters. The van der Waals surface area contributed by atoms with Crippen LogP contribution in [0.3, 0.4) is 0 Å². The molecule has 2 aromatic rings. The van der Waals surface area contributed by atoms with Crippen LogP contribution in [0.1, 0.15) is 22.6 Å². The van der Waals surface area contributed by atoms with E-state index in [0.717, 1.165) is 16.7 Å². The quantitative estimate of drug-likeness (QED) is 0.877. The molecule has 0 spiro atoms. The Hall–Kier alpha value is -2.10. The smallest absolute Gasteiger partial charge is 0.311 e. The molecule has 1 heterocycles. The van der Waals surface area contributed by atoms with Gasteiger partial charge < -0.3 is 9.63 Å². The number of carboxylic acid groups (broad SMARTS) is 1. The first-order valence-electron chi connectivity index (χ1n) is 5.34. The zero-order chi connectivity index (χ0) is 12.3. The van der Waals surface area contributed by atoms with Gasteiger partial charge in [0.2, 0.25) is 0 Å². The van der Waals surface area contributed by atoms with E-state index in [-0.39, 0.29) is 0 Å². The van der Waals surface area contributed by atoms with Gasteiger partial charge in [0.15, 0.2) is 0 Å². The molecular formula is C13H13NO3. The molecule has 1 aromatic heterocycles. The molecule has 88 valence electrons. The minimum Gasteiger partial charge on any atom is -0.481 e. The highest BCUT2D eigenvalue weighted by Crippen LogP contribution is 2.21. The standard InChI is InChI=1S/C13H13NO3/c1-9-2-4-11(5-3-9)12(13(15)16)6-10-7-14-17-8-10/h2-5,7-8,12H,6H2,1H3,(H,15,16). The first-order chi connectivity index (χ1) is 8.16. The summed E-state index contributed by atoms with van der Waals surface area (Å²) in [6, 6.07) is 7.53. The number of aryl methyl sites for hydroxylation is 1. The van der Waals surface area contributed by atoms with Gasteiger partial charge in [-0.1, -0.05) is 35.0 Å². The Kier molecular flexibility index (Phi) is 3.23. The van der Waals surface area contributed by atoms with Gasteiger partial charge in [0.05, 0.1) is 12.1 Å². The second kappa shape index (κ2) is 4.82. The molecule has 0 fully saturated rings. The molecule has 0 aliphatic heterocycles. The van der Waals surface area contributed by atoms with Crippen molar-refractivity contribution in [1.82, 2.24) is 5.16 Å². The Labute approximate surface area is 98.9 Å². The third kappa shape index (κ3) is 2.72. The Morgan fingerprint density at radius 3 is 2.65 bits per heavy atom. The van der Waals surface area contributed by atoms with E-state index in [9.17, 15) is 9.90 Å². The minimum absolute atomic E-state index is 0.391. The maximum absolute atomic E-state index is 11.3. The summed E-state index contributed by atoms with van der Waals surface area (Å²) in [6.45, 7) is 1.97. The van der Waals surface area contributed by atoms with E-state index in [2.05, 4.69) is 5.16 Å². The van der Waals surface area contributed by atoms with Crippen LogP contribution < -0.4 is 0 Å². The molecule has 1 aromatic carbocycles. The van der Waals surface area contributed by atoms with Gasteiger partial charge in [-0.2, -0.15) is 0 Å². The second-order valence-electron chi connectivity index (χ2n) is 4.04. The maximum atomic E-state index is 11.3. The van der Waals surface area contributed by atoms with Crippen LogP contribution in [0.25, 0.3) is 0 Å². The zero-order valence-corrected chi connectivity index (χ0v) is 9.46. The third-order valence-corrected chi connectivity index (χ3v) is 2.70. The van der Waals surface area contributed by atoms with Crippen LogP contribution in [0.15, 0.2) is 41.2 Å². The Morgan fingerprint density at radius 1 is 1.41 bits per heavy atom. The minimum atomic E-state index is -0.838. The summed E-state index contributed by atoms with van der Waals surface area (Å²) in [7, 11) is 0. The molecule has 17 heavy (non-hydrogen) atoms. The van der Waals surface area contributed by atoms with E-state index in [1.165, 1.54) is 6.26 Å². The van der Waals surface area contributed by atoms with Crippen molar-refractivity contribution in [2.75, 3.05) is 0 Å². The Balaban J connectivity index is 2.23. The van der Waals surface area contributed by atoms with Gasteiger partial charge in [-0.05, 0) is 18.9 Å². The number of hydrogen-bond donors (Lipinski definition) is 1. The molecule has 0 saturated heterocycles. The van der Waals surface area contributed by atoms with Crippen LogP contribution in [-0.4, -0.2) is 16.2 Å². The highest BCUT2D eigenvalue weighted by atomic mass is 16.5. The van der Waals surface area contributed by atoms with Gasteiger partial charge in [-0.3, -0.25) is 4.79 Å². The predicted molar refractivity (Wildman–Crippen MR) is 61.8 cm³/mol. The number of rotatable bonds is 4. The number of nitrogens with zero attached hydrogens (tertiary/aromatic N) is 1. The van der Waals surface area contributed by atoms with Crippen molar-refractivity contribution in [3.63, 3.8) is 0 Å². The summed E-state index contributed by atoms with van der Waals surface area (Å²) >= 11 is 0. The third-order valence-electron chi connectivity index (χ3n) is 2.70. The SMILES string of the molecule is Cc1ccc(C(Cc2cnoc2)C(=O)O)cc1. The fraction of sp³-hybridized carbons (Fsp3) is 0.231. The first-order valence-corrected chi connectivity index (χ1v) is 5.34. The molecule has 4 heteroatoms. The number of benzene rings is 1. The predicted octanol–water partition coefficient (Wildman–Crippen LogP) is 2.39. The maximum Gasteiger partial charge on any atom is 0.311 e. The number of aromatic nitrogens is 1. The van der Waals surface area contributed by atoms with Crippen molar-refractivity contribution in [3.8, 4) is 0 Å². The normalized spacial score (nSPS) is 12.3. The number of hydrogen-bond acceptors (Lipinski definition) is 3. The number of aliphatic carboxylic acids is 1. The van der Waals surface area contributed by atoms with Crippen molar-refractivity contribution in [2.45, 2.75) is 19.3 Å². The molecule has 0 bridgehead atoms. The van der Waals surface area contributed by atoms with Crippen molar-refractivity contribution >= 4 is 5.97 Å². The number of carbonyl (C=O) groups is 1. The fourth-order valence-corrected chi connectivity index (χ4v) is 1.71. The van der Waals surface area contributed by atoms with Crippen molar-refractivity contribution < 1.29 is 14.4 Å². The Bertz CT molecular complexity index is 488. The summed E-state index contributed by atoms with van der Waals surface area (Å²) in [5.41, 5.74) is 2.70. The van der Waals surface area contributed by atoms with E-state index in [1.54, 1.807) is 6.20 Å². The van der Waals surface area contributed by atoms with E-state index in [1.807, 2.05) is 31.2 Å². The molecule has 2 rings (SSSR count). The van der Waals surface area contributed by atoms with Crippen LogP contribution in [0.5, 0.6) is 0 Å². The van der Waals surface area contributed by atoms with Gasteiger partial charge in [0.25, 0.3) is 0 Å². The molecule has 1 N–H and O–H groups in total. The van der Waals surface area contributed by atoms with Gasteiger partial charge >= 0.3 is 5.97 Å². The first kappa shape index (κ1) is 11.4. The van der Waals surface area contributed by atoms with Gasteiger partial charge in [-0.25, -0.2) is 0 Å². The summed E-state index contributed by atoms with van der Waals surface area (Å²) in [5.74, 6) is -1.40. The van der Waals surface area contributed by atoms with Crippen LogP contribution in [0.4, 0.5) is 0 Å². The second-order valence-corrected chi connectivity index (χ2v) is 4.04. The lowest BCUT2D eigenvalue weighted by Crippen LogP contribution is -2.14. The monoisotopic (exact) mass is 231 g/mol. The summed E-state index contributed by atoms with van der Waals surface area (Å²) in [4.78, 5) is 11.3. The topological polar surface area (TPSA) is 63.3 Å². The Morgan fingerprint density at radius 2 is 2.12 bits per heavy atom. The molecule has 1 unspecified atom stereocenters.